The molecule has 2 rings (SSSR count). The Labute approximate surface area is 130 Å². The molecule has 0 amide bonds. The van der Waals surface area contributed by atoms with Gasteiger partial charge in [-0.2, -0.15) is 0 Å². The number of ether oxygens (including phenoxy) is 1. The molecule has 2 nitrogen and oxygen atoms in total. The van der Waals surface area contributed by atoms with E-state index in [4.69, 9.17) is 4.74 Å². The van der Waals surface area contributed by atoms with Crippen LogP contribution in [0.4, 0.5) is 0 Å². The van der Waals surface area contributed by atoms with E-state index in [0.29, 0.717) is 5.75 Å². The van der Waals surface area contributed by atoms with Crippen molar-refractivity contribution in [3.8, 4) is 16.2 Å². The van der Waals surface area contributed by atoms with E-state index in [0.717, 1.165) is 24.8 Å². The summed E-state index contributed by atoms with van der Waals surface area (Å²) in [6.07, 6.45) is 6.52. The third-order valence-corrected chi connectivity index (χ3v) is 4.13. The molecule has 0 fully saturated rings. The summed E-state index contributed by atoms with van der Waals surface area (Å²) in [4.78, 5) is 14.1. The molecule has 0 saturated heterocycles. The van der Waals surface area contributed by atoms with Crippen LogP contribution in [0.1, 0.15) is 31.1 Å². The Morgan fingerprint density at radius 1 is 1.19 bits per heavy atom. The Balaban J connectivity index is 1.93. The van der Waals surface area contributed by atoms with Gasteiger partial charge < -0.3 is 4.74 Å². The molecule has 0 aliphatic carbocycles. The van der Waals surface area contributed by atoms with Crippen molar-refractivity contribution in [2.24, 2.45) is 0 Å². The number of rotatable bonds is 6. The number of benzene rings is 1. The van der Waals surface area contributed by atoms with Gasteiger partial charge in [0.15, 0.2) is 0 Å². The van der Waals surface area contributed by atoms with E-state index in [2.05, 4.69) is 26.0 Å². The van der Waals surface area contributed by atoms with Crippen LogP contribution in [0.15, 0.2) is 48.6 Å². The number of carbonyl (C=O) groups is 1. The third-order valence-electron chi connectivity index (χ3n) is 3.08. The maximum absolute atomic E-state index is 11.6. The highest BCUT2D eigenvalue weighted by Gasteiger charge is 2.03. The first kappa shape index (κ1) is 15.5. The molecular formula is C18H20O2S. The fraction of sp³-hybridized carbons (Fsp3) is 0.278. The molecule has 0 spiro atoms. The average Bonchev–Trinajstić information content (AvgIpc) is 2.91. The lowest BCUT2D eigenvalue weighted by molar-refractivity contribution is -0.129. The molecule has 1 aromatic heterocycles. The first-order chi connectivity index (χ1) is 10.2. The minimum Gasteiger partial charge on any atom is -0.423 e. The molecule has 2 aromatic rings. The Bertz CT molecular complexity index is 608. The fourth-order valence-corrected chi connectivity index (χ4v) is 2.80. The Hall–Kier alpha value is -1.87. The van der Waals surface area contributed by atoms with Gasteiger partial charge in [-0.1, -0.05) is 25.8 Å². The number of hydrogen-bond acceptors (Lipinski definition) is 3. The van der Waals surface area contributed by atoms with Crippen LogP contribution in [0, 0.1) is 6.92 Å². The third kappa shape index (κ3) is 4.87. The van der Waals surface area contributed by atoms with Crippen LogP contribution < -0.4 is 4.74 Å². The molecule has 0 saturated carbocycles. The predicted octanol–water partition coefficient (Wildman–Crippen LogP) is 5.38. The Morgan fingerprint density at radius 3 is 2.57 bits per heavy atom. The van der Waals surface area contributed by atoms with Crippen LogP contribution in [0.2, 0.25) is 0 Å². The summed E-state index contributed by atoms with van der Waals surface area (Å²) in [6, 6.07) is 11.8. The maximum atomic E-state index is 11.6. The monoisotopic (exact) mass is 300 g/mol. The molecule has 1 heterocycles. The van der Waals surface area contributed by atoms with E-state index in [1.54, 1.807) is 11.3 Å². The highest BCUT2D eigenvalue weighted by molar-refractivity contribution is 7.15. The first-order valence-electron chi connectivity index (χ1n) is 7.24. The van der Waals surface area contributed by atoms with Gasteiger partial charge in [-0.3, -0.25) is 0 Å². The lowest BCUT2D eigenvalue weighted by Crippen LogP contribution is -2.03. The molecule has 0 atom stereocenters. The van der Waals surface area contributed by atoms with Gasteiger partial charge in [0, 0.05) is 15.8 Å². The van der Waals surface area contributed by atoms with Crippen LogP contribution >= 0.6 is 11.3 Å². The summed E-state index contributed by atoms with van der Waals surface area (Å²) in [7, 11) is 0. The normalized spacial score (nSPS) is 11.0. The fourth-order valence-electron chi connectivity index (χ4n) is 1.93. The standard InChI is InChI=1S/C18H20O2S/c1-3-4-5-6-7-18(19)20-16-11-9-15(10-12-16)17-13-8-14(2)21-17/h6-13H,3-5H2,1-2H3/b7-6+. The minimum absolute atomic E-state index is 0.314. The van der Waals surface area contributed by atoms with Crippen molar-refractivity contribution in [1.82, 2.24) is 0 Å². The molecule has 1 aromatic carbocycles. The maximum Gasteiger partial charge on any atom is 0.335 e. The van der Waals surface area contributed by atoms with Crippen molar-refractivity contribution < 1.29 is 9.53 Å². The molecular weight excluding hydrogens is 280 g/mol. The quantitative estimate of drug-likeness (QED) is 0.310. The van der Waals surface area contributed by atoms with Gasteiger partial charge in [-0.05, 0) is 55.3 Å². The lowest BCUT2D eigenvalue weighted by Gasteiger charge is -2.02. The number of thiophene rings is 1. The highest BCUT2D eigenvalue weighted by Crippen LogP contribution is 2.28. The zero-order valence-electron chi connectivity index (χ0n) is 12.5. The number of hydrogen-bond donors (Lipinski definition) is 0. The second kappa shape index (κ2) is 7.79. The van der Waals surface area contributed by atoms with Gasteiger partial charge in [-0.15, -0.1) is 11.3 Å². The van der Waals surface area contributed by atoms with Crippen molar-refractivity contribution in [1.29, 1.82) is 0 Å². The number of esters is 1. The van der Waals surface area contributed by atoms with Crippen LogP contribution in [-0.2, 0) is 4.79 Å². The summed E-state index contributed by atoms with van der Waals surface area (Å²) in [5.41, 5.74) is 1.14. The van der Waals surface area contributed by atoms with E-state index in [1.807, 2.05) is 30.3 Å². The second-order valence-corrected chi connectivity index (χ2v) is 6.19. The van der Waals surface area contributed by atoms with Crippen LogP contribution in [0.3, 0.4) is 0 Å². The molecule has 0 bridgehead atoms. The smallest absolute Gasteiger partial charge is 0.335 e. The van der Waals surface area contributed by atoms with Gasteiger partial charge in [-0.25, -0.2) is 4.79 Å². The minimum atomic E-state index is -0.314. The van der Waals surface area contributed by atoms with Gasteiger partial charge in [0.25, 0.3) is 0 Å². The topological polar surface area (TPSA) is 26.3 Å². The van der Waals surface area contributed by atoms with E-state index in [9.17, 15) is 4.79 Å². The van der Waals surface area contributed by atoms with E-state index >= 15 is 0 Å². The average molecular weight is 300 g/mol. The number of carbonyl (C=O) groups excluding carboxylic acids is 1. The van der Waals surface area contributed by atoms with E-state index in [-0.39, 0.29) is 5.97 Å². The Morgan fingerprint density at radius 2 is 1.95 bits per heavy atom. The molecule has 3 heteroatoms. The van der Waals surface area contributed by atoms with Gasteiger partial charge >= 0.3 is 5.97 Å². The van der Waals surface area contributed by atoms with Crippen molar-refractivity contribution in [2.45, 2.75) is 33.1 Å². The zero-order valence-corrected chi connectivity index (χ0v) is 13.3. The molecule has 110 valence electrons. The highest BCUT2D eigenvalue weighted by atomic mass is 32.1. The van der Waals surface area contributed by atoms with Crippen molar-refractivity contribution in [3.63, 3.8) is 0 Å². The van der Waals surface area contributed by atoms with Crippen molar-refractivity contribution in [3.05, 3.63) is 53.4 Å². The summed E-state index contributed by atoms with van der Waals surface area (Å²) in [6.45, 7) is 4.22. The first-order valence-corrected chi connectivity index (χ1v) is 8.06. The molecule has 0 unspecified atom stereocenters. The summed E-state index contributed by atoms with van der Waals surface area (Å²) in [5.74, 6) is 0.267. The summed E-state index contributed by atoms with van der Waals surface area (Å²) in [5, 5.41) is 0. The van der Waals surface area contributed by atoms with Crippen LogP contribution in [-0.4, -0.2) is 5.97 Å². The number of allylic oxidation sites excluding steroid dienone is 1. The van der Waals surface area contributed by atoms with Crippen LogP contribution in [0.5, 0.6) is 5.75 Å². The Kier molecular flexibility index (Phi) is 5.76. The largest absolute Gasteiger partial charge is 0.423 e. The number of aryl methyl sites for hydroxylation is 1. The summed E-state index contributed by atoms with van der Waals surface area (Å²) >= 11 is 1.76. The molecule has 0 aliphatic rings. The van der Waals surface area contributed by atoms with Gasteiger partial charge in [0.05, 0.1) is 0 Å². The number of unbranched alkanes of at least 4 members (excludes halogenated alkanes) is 2. The van der Waals surface area contributed by atoms with Gasteiger partial charge in [0.2, 0.25) is 0 Å². The second-order valence-electron chi connectivity index (χ2n) is 4.90. The van der Waals surface area contributed by atoms with Gasteiger partial charge in [0.1, 0.15) is 5.75 Å². The molecule has 0 radical (unpaired) electrons. The van der Waals surface area contributed by atoms with E-state index < -0.39 is 0 Å². The molecule has 0 N–H and O–H groups in total. The molecule has 0 aliphatic heterocycles. The zero-order chi connectivity index (χ0) is 15.1. The SMILES string of the molecule is CCCC/C=C/C(=O)Oc1ccc(-c2ccc(C)s2)cc1. The predicted molar refractivity (Wildman–Crippen MR) is 88.8 cm³/mol. The van der Waals surface area contributed by atoms with Crippen LogP contribution in [0.25, 0.3) is 10.4 Å². The summed E-state index contributed by atoms with van der Waals surface area (Å²) < 4.78 is 5.27. The lowest BCUT2D eigenvalue weighted by atomic mass is 10.2. The van der Waals surface area contributed by atoms with Crippen molar-refractivity contribution >= 4 is 17.3 Å². The van der Waals surface area contributed by atoms with E-state index in [1.165, 1.54) is 15.8 Å². The van der Waals surface area contributed by atoms with Crippen molar-refractivity contribution in [2.75, 3.05) is 0 Å². The molecule has 21 heavy (non-hydrogen) atoms.